The average molecular weight is 453 g/mol. The number of benzene rings is 1. The smallest absolute Gasteiger partial charge is 0.227 e. The Bertz CT molecular complexity index is 1020. The predicted molar refractivity (Wildman–Crippen MR) is 135 cm³/mol. The van der Waals surface area contributed by atoms with Crippen LogP contribution in [0, 0.1) is 6.92 Å². The van der Waals surface area contributed by atoms with Crippen molar-refractivity contribution in [3.63, 3.8) is 0 Å². The number of nitrogens with zero attached hydrogens (tertiary/aromatic N) is 4. The number of nitrogens with one attached hydrogen (secondary N) is 2. The van der Waals surface area contributed by atoms with E-state index < -0.39 is 0 Å². The minimum Gasteiger partial charge on any atom is -0.384 e. The Hall–Kier alpha value is -2.60. The molecule has 0 spiro atoms. The van der Waals surface area contributed by atoms with Crippen LogP contribution in [-0.2, 0) is 0 Å². The summed E-state index contributed by atoms with van der Waals surface area (Å²) in [7, 11) is 0. The third-order valence-electron chi connectivity index (χ3n) is 5.91. The molecule has 0 saturated carbocycles. The highest BCUT2D eigenvalue weighted by atomic mass is 35.5. The van der Waals surface area contributed by atoms with E-state index in [9.17, 15) is 0 Å². The molecule has 3 heterocycles. The first kappa shape index (κ1) is 22.6. The molecule has 0 atom stereocenters. The molecule has 1 aliphatic heterocycles. The average Bonchev–Trinajstić information content (AvgIpc) is 2.81. The Labute approximate surface area is 195 Å². The second-order valence-electron chi connectivity index (χ2n) is 8.53. The van der Waals surface area contributed by atoms with Crippen LogP contribution in [0.2, 0.25) is 5.02 Å². The third kappa shape index (κ3) is 6.22. The molecule has 0 radical (unpaired) electrons. The van der Waals surface area contributed by atoms with E-state index in [4.69, 9.17) is 16.6 Å². The Kier molecular flexibility index (Phi) is 7.99. The maximum absolute atomic E-state index is 6.07. The van der Waals surface area contributed by atoms with Crippen LogP contribution in [0.25, 0.3) is 10.9 Å². The molecule has 0 bridgehead atoms. The van der Waals surface area contributed by atoms with Gasteiger partial charge in [0.05, 0.1) is 5.52 Å². The van der Waals surface area contributed by atoms with Crippen molar-refractivity contribution in [1.29, 1.82) is 0 Å². The zero-order chi connectivity index (χ0) is 22.2. The molecule has 1 aromatic carbocycles. The summed E-state index contributed by atoms with van der Waals surface area (Å²) in [6, 6.07) is 9.93. The summed E-state index contributed by atoms with van der Waals surface area (Å²) in [5.74, 6) is 1.83. The molecular weight excluding hydrogens is 420 g/mol. The molecule has 6 nitrogen and oxygen atoms in total. The fourth-order valence-electron chi connectivity index (χ4n) is 4.20. The van der Waals surface area contributed by atoms with Gasteiger partial charge in [-0.3, -0.25) is 4.98 Å². The van der Waals surface area contributed by atoms with Crippen LogP contribution < -0.4 is 15.5 Å². The molecule has 0 unspecified atom stereocenters. The first-order chi connectivity index (χ1) is 15.7. The van der Waals surface area contributed by atoms with Crippen molar-refractivity contribution in [1.82, 2.24) is 15.0 Å². The van der Waals surface area contributed by atoms with Gasteiger partial charge in [0.25, 0.3) is 0 Å². The first-order valence-electron chi connectivity index (χ1n) is 11.8. The number of fused-ring (bicyclic) bond motifs is 1. The Morgan fingerprint density at radius 3 is 2.50 bits per heavy atom. The standard InChI is InChI=1S/C25H33ClN6/c1-19-17-24(31-25(30-19)32-15-7-4-8-16-32)29-13-6-3-2-5-12-27-22-11-14-28-23-18-20(26)9-10-21(22)23/h9-11,14,17-18H,2-8,12-13,15-16H2,1H3,(H,27,28)(H,29,30,31). The second-order valence-corrected chi connectivity index (χ2v) is 8.97. The summed E-state index contributed by atoms with van der Waals surface area (Å²) in [5.41, 5.74) is 3.08. The number of hydrogen-bond donors (Lipinski definition) is 2. The van der Waals surface area contributed by atoms with Gasteiger partial charge >= 0.3 is 0 Å². The molecular formula is C25H33ClN6. The Morgan fingerprint density at radius 1 is 0.906 bits per heavy atom. The molecule has 1 saturated heterocycles. The van der Waals surface area contributed by atoms with Crippen LogP contribution in [0.5, 0.6) is 0 Å². The molecule has 1 aliphatic rings. The van der Waals surface area contributed by atoms with Crippen LogP contribution in [-0.4, -0.2) is 41.1 Å². The minimum atomic E-state index is 0.718. The van der Waals surface area contributed by atoms with E-state index >= 15 is 0 Å². The monoisotopic (exact) mass is 452 g/mol. The lowest BCUT2D eigenvalue weighted by atomic mass is 10.1. The number of unbranched alkanes of at least 4 members (excludes halogenated alkanes) is 3. The Morgan fingerprint density at radius 2 is 1.69 bits per heavy atom. The molecule has 0 aliphatic carbocycles. The third-order valence-corrected chi connectivity index (χ3v) is 6.15. The molecule has 0 amide bonds. The van der Waals surface area contributed by atoms with Gasteiger partial charge in [0, 0.05) is 60.2 Å². The van der Waals surface area contributed by atoms with Crippen molar-refractivity contribution in [3.05, 3.63) is 47.2 Å². The lowest BCUT2D eigenvalue weighted by molar-refractivity contribution is 0.568. The van der Waals surface area contributed by atoms with E-state index in [0.717, 1.165) is 78.1 Å². The van der Waals surface area contributed by atoms with Crippen molar-refractivity contribution < 1.29 is 0 Å². The molecule has 3 aromatic rings. The van der Waals surface area contributed by atoms with Crippen molar-refractivity contribution in [3.8, 4) is 0 Å². The Balaban J connectivity index is 1.15. The van der Waals surface area contributed by atoms with Crippen LogP contribution in [0.15, 0.2) is 36.5 Å². The summed E-state index contributed by atoms with van der Waals surface area (Å²) in [4.78, 5) is 16.1. The maximum atomic E-state index is 6.07. The summed E-state index contributed by atoms with van der Waals surface area (Å²) in [6.07, 6.45) is 10.3. The number of pyridine rings is 1. The van der Waals surface area contributed by atoms with Crippen molar-refractivity contribution in [2.24, 2.45) is 0 Å². The maximum Gasteiger partial charge on any atom is 0.227 e. The predicted octanol–water partition coefficient (Wildman–Crippen LogP) is 6.06. The number of anilines is 3. The molecule has 32 heavy (non-hydrogen) atoms. The van der Waals surface area contributed by atoms with Gasteiger partial charge in [0.1, 0.15) is 5.82 Å². The van der Waals surface area contributed by atoms with Crippen LogP contribution >= 0.6 is 11.6 Å². The van der Waals surface area contributed by atoms with Crippen molar-refractivity contribution in [2.45, 2.75) is 51.9 Å². The van der Waals surface area contributed by atoms with Gasteiger partial charge in [-0.25, -0.2) is 4.98 Å². The minimum absolute atomic E-state index is 0.718. The van der Waals surface area contributed by atoms with Gasteiger partial charge in [0.15, 0.2) is 0 Å². The molecule has 7 heteroatoms. The second kappa shape index (κ2) is 11.3. The lowest BCUT2D eigenvalue weighted by Crippen LogP contribution is -2.31. The van der Waals surface area contributed by atoms with Gasteiger partial charge < -0.3 is 15.5 Å². The number of aryl methyl sites for hydroxylation is 1. The van der Waals surface area contributed by atoms with E-state index in [-0.39, 0.29) is 0 Å². The highest BCUT2D eigenvalue weighted by molar-refractivity contribution is 6.31. The van der Waals surface area contributed by atoms with Crippen LogP contribution in [0.4, 0.5) is 17.5 Å². The first-order valence-corrected chi connectivity index (χ1v) is 12.2. The number of hydrogen-bond acceptors (Lipinski definition) is 6. The van der Waals surface area contributed by atoms with Crippen LogP contribution in [0.1, 0.15) is 50.6 Å². The zero-order valence-corrected chi connectivity index (χ0v) is 19.7. The van der Waals surface area contributed by atoms with E-state index in [0.29, 0.717) is 0 Å². The van der Waals surface area contributed by atoms with E-state index in [1.54, 1.807) is 0 Å². The highest BCUT2D eigenvalue weighted by Crippen LogP contribution is 2.24. The number of piperidine rings is 1. The summed E-state index contributed by atoms with van der Waals surface area (Å²) >= 11 is 6.07. The van der Waals surface area contributed by atoms with E-state index in [2.05, 4.69) is 25.5 Å². The zero-order valence-electron chi connectivity index (χ0n) is 18.9. The fourth-order valence-corrected chi connectivity index (χ4v) is 4.36. The van der Waals surface area contributed by atoms with Crippen LogP contribution in [0.3, 0.4) is 0 Å². The van der Waals surface area contributed by atoms with Crippen molar-refractivity contribution in [2.75, 3.05) is 41.7 Å². The van der Waals surface area contributed by atoms with Gasteiger partial charge in [-0.15, -0.1) is 0 Å². The number of halogens is 1. The quantitative estimate of drug-likeness (QED) is 0.364. The summed E-state index contributed by atoms with van der Waals surface area (Å²) < 4.78 is 0. The molecule has 1 fully saturated rings. The highest BCUT2D eigenvalue weighted by Gasteiger charge is 2.14. The molecule has 4 rings (SSSR count). The number of rotatable bonds is 10. The lowest BCUT2D eigenvalue weighted by Gasteiger charge is -2.27. The topological polar surface area (TPSA) is 66.0 Å². The number of aromatic nitrogens is 3. The molecule has 2 N–H and O–H groups in total. The molecule has 170 valence electrons. The SMILES string of the molecule is Cc1cc(NCCCCCCNc2ccnc3cc(Cl)ccc23)nc(N2CCCCC2)n1. The normalized spacial score (nSPS) is 14.0. The van der Waals surface area contributed by atoms with Crippen molar-refractivity contribution >= 4 is 40.0 Å². The van der Waals surface area contributed by atoms with Gasteiger partial charge in [-0.05, 0) is 63.3 Å². The van der Waals surface area contributed by atoms with Gasteiger partial charge in [0.2, 0.25) is 5.95 Å². The fraction of sp³-hybridized carbons (Fsp3) is 0.480. The summed E-state index contributed by atoms with van der Waals surface area (Å²) in [6.45, 7) is 6.09. The van der Waals surface area contributed by atoms with Gasteiger partial charge in [-0.1, -0.05) is 24.4 Å². The van der Waals surface area contributed by atoms with E-state index in [1.165, 1.54) is 32.1 Å². The summed E-state index contributed by atoms with van der Waals surface area (Å²) in [5, 5.41) is 8.88. The molecule has 2 aromatic heterocycles. The van der Waals surface area contributed by atoms with E-state index in [1.807, 2.05) is 43.5 Å². The van der Waals surface area contributed by atoms with Gasteiger partial charge in [-0.2, -0.15) is 4.98 Å². The largest absolute Gasteiger partial charge is 0.384 e.